The molecular weight excluding hydrogens is 486 g/mol. The average molecular weight is 512 g/mol. The van der Waals surface area contributed by atoms with Crippen molar-refractivity contribution in [3.05, 3.63) is 138 Å². The first-order valence-corrected chi connectivity index (χ1v) is 12.6. The molecule has 0 aromatic heterocycles. The van der Waals surface area contributed by atoms with E-state index in [0.29, 0.717) is 22.3 Å². The molecule has 5 nitrogen and oxygen atoms in total. The zero-order valence-electron chi connectivity index (χ0n) is 21.5. The number of methoxy groups -OCH3 is 2. The summed E-state index contributed by atoms with van der Waals surface area (Å²) >= 11 is 0. The Morgan fingerprint density at radius 3 is 1.36 bits per heavy atom. The third-order valence-corrected chi connectivity index (χ3v) is 7.05. The topological polar surface area (TPSA) is 55.8 Å². The molecule has 0 N–H and O–H groups in total. The molecule has 39 heavy (non-hydrogen) atoms. The molecule has 5 aromatic carbocycles. The van der Waals surface area contributed by atoms with E-state index in [2.05, 4.69) is 4.90 Å². The Balaban J connectivity index is 1.37. The molecule has 0 unspecified atom stereocenters. The summed E-state index contributed by atoms with van der Waals surface area (Å²) < 4.78 is 10.7. The Kier molecular flexibility index (Phi) is 6.17. The van der Waals surface area contributed by atoms with Gasteiger partial charge in [0.25, 0.3) is 0 Å². The third-order valence-electron chi connectivity index (χ3n) is 7.05. The van der Waals surface area contributed by atoms with Gasteiger partial charge in [0.05, 0.1) is 14.2 Å². The summed E-state index contributed by atoms with van der Waals surface area (Å²) in [4.78, 5) is 28.4. The van der Waals surface area contributed by atoms with Crippen LogP contribution in [0, 0.1) is 0 Å². The zero-order chi connectivity index (χ0) is 26.9. The van der Waals surface area contributed by atoms with Crippen LogP contribution < -0.4 is 14.4 Å². The van der Waals surface area contributed by atoms with Gasteiger partial charge in [-0.05, 0) is 83.9 Å². The summed E-state index contributed by atoms with van der Waals surface area (Å²) in [6, 6.07) is 36.4. The molecule has 0 fully saturated rings. The molecule has 6 rings (SSSR count). The van der Waals surface area contributed by atoms with Gasteiger partial charge in [0.2, 0.25) is 0 Å². The Bertz CT molecular complexity index is 1640. The predicted molar refractivity (Wildman–Crippen MR) is 153 cm³/mol. The molecule has 1 aliphatic rings. The molecule has 0 heterocycles. The molecule has 5 aromatic rings. The van der Waals surface area contributed by atoms with Crippen LogP contribution in [0.5, 0.6) is 11.5 Å². The van der Waals surface area contributed by atoms with Gasteiger partial charge in [-0.3, -0.25) is 9.59 Å². The van der Waals surface area contributed by atoms with E-state index in [0.717, 1.165) is 39.7 Å². The van der Waals surface area contributed by atoms with Gasteiger partial charge in [-0.25, -0.2) is 0 Å². The normalized spacial score (nSPS) is 11.9. The number of ketones is 2. The van der Waals surface area contributed by atoms with Crippen LogP contribution >= 0.6 is 0 Å². The fourth-order valence-electron chi connectivity index (χ4n) is 4.99. The number of nitrogens with zero attached hydrogens (tertiary/aromatic N) is 1. The molecule has 1 aliphatic carbocycles. The molecular formula is C34H25NO4. The number of hydrogen-bond donors (Lipinski definition) is 0. The van der Waals surface area contributed by atoms with Gasteiger partial charge < -0.3 is 14.4 Å². The molecule has 0 bridgehead atoms. The summed E-state index contributed by atoms with van der Waals surface area (Å²) in [6.45, 7) is 0. The minimum atomic E-state index is -0.121. The third kappa shape index (κ3) is 4.34. The van der Waals surface area contributed by atoms with Crippen LogP contribution in [-0.2, 0) is 0 Å². The molecule has 0 saturated heterocycles. The highest BCUT2D eigenvalue weighted by Gasteiger charge is 2.29. The summed E-state index contributed by atoms with van der Waals surface area (Å²) in [5.41, 5.74) is 6.55. The highest BCUT2D eigenvalue weighted by Crippen LogP contribution is 2.37. The lowest BCUT2D eigenvalue weighted by Crippen LogP contribution is -2.20. The van der Waals surface area contributed by atoms with Crippen molar-refractivity contribution >= 4 is 28.6 Å². The van der Waals surface area contributed by atoms with E-state index in [-0.39, 0.29) is 11.6 Å². The lowest BCUT2D eigenvalue weighted by Gasteiger charge is -2.26. The van der Waals surface area contributed by atoms with Gasteiger partial charge in [-0.15, -0.1) is 0 Å². The van der Waals surface area contributed by atoms with E-state index in [1.165, 1.54) is 0 Å². The number of benzene rings is 5. The Hall–Kier alpha value is -5.16. The van der Waals surface area contributed by atoms with E-state index in [1.54, 1.807) is 44.6 Å². The van der Waals surface area contributed by atoms with Crippen LogP contribution in [0.25, 0.3) is 11.1 Å². The average Bonchev–Trinajstić information content (AvgIpc) is 3.01. The van der Waals surface area contributed by atoms with Crippen LogP contribution in [-0.4, -0.2) is 25.8 Å². The first-order valence-electron chi connectivity index (χ1n) is 12.6. The molecule has 5 heteroatoms. The number of fused-ring (bicyclic) bond motifs is 2. The molecule has 0 atom stereocenters. The lowest BCUT2D eigenvalue weighted by molar-refractivity contribution is 0.0979. The molecule has 0 amide bonds. The van der Waals surface area contributed by atoms with E-state index >= 15 is 0 Å². The maximum Gasteiger partial charge on any atom is 0.194 e. The van der Waals surface area contributed by atoms with Crippen LogP contribution in [0.3, 0.4) is 0 Å². The maximum atomic E-state index is 13.2. The Morgan fingerprint density at radius 1 is 0.462 bits per heavy atom. The molecule has 0 saturated carbocycles. The second-order valence-electron chi connectivity index (χ2n) is 9.24. The summed E-state index contributed by atoms with van der Waals surface area (Å²) in [6.07, 6.45) is 0. The van der Waals surface area contributed by atoms with Crippen LogP contribution in [0.4, 0.5) is 17.1 Å². The fourth-order valence-corrected chi connectivity index (χ4v) is 4.99. The molecule has 0 aliphatic heterocycles. The van der Waals surface area contributed by atoms with Crippen molar-refractivity contribution in [2.24, 2.45) is 0 Å². The fraction of sp³-hybridized carbons (Fsp3) is 0.0588. The maximum absolute atomic E-state index is 13.2. The van der Waals surface area contributed by atoms with Crippen molar-refractivity contribution in [3.8, 4) is 22.6 Å². The minimum absolute atomic E-state index is 0.114. The number of ether oxygens (including phenoxy) is 2. The van der Waals surface area contributed by atoms with Crippen LogP contribution in [0.2, 0.25) is 0 Å². The molecule has 0 spiro atoms. The monoisotopic (exact) mass is 511 g/mol. The van der Waals surface area contributed by atoms with E-state index < -0.39 is 0 Å². The SMILES string of the molecule is COc1ccc(N(c2ccc(OC)cc2)c2ccc(-c3ccc4c(c3)C(=O)c3ccccc3C4=O)cc2)cc1. The number of carbonyl (C=O) groups excluding carboxylic acids is 2. The Morgan fingerprint density at radius 2 is 0.872 bits per heavy atom. The predicted octanol–water partition coefficient (Wildman–Crippen LogP) is 7.62. The number of rotatable bonds is 6. The quantitative estimate of drug-likeness (QED) is 0.230. The van der Waals surface area contributed by atoms with Crippen molar-refractivity contribution in [3.63, 3.8) is 0 Å². The van der Waals surface area contributed by atoms with E-state index in [1.807, 2.05) is 84.9 Å². The standard InChI is InChI=1S/C34H25NO4/c1-38-27-16-12-25(13-17-27)35(26-14-18-28(39-2)19-15-26)24-10-7-22(8-11-24)23-9-20-31-32(21-23)34(37)30-6-4-3-5-29(30)33(31)36/h3-21H,1-2H3. The van der Waals surface area contributed by atoms with Crippen LogP contribution in [0.15, 0.2) is 115 Å². The van der Waals surface area contributed by atoms with Gasteiger partial charge >= 0.3 is 0 Å². The van der Waals surface area contributed by atoms with Gasteiger partial charge in [0.1, 0.15) is 11.5 Å². The van der Waals surface area contributed by atoms with Gasteiger partial charge in [-0.1, -0.05) is 42.5 Å². The van der Waals surface area contributed by atoms with E-state index in [4.69, 9.17) is 9.47 Å². The summed E-state index contributed by atoms with van der Waals surface area (Å²) in [5, 5.41) is 0. The second kappa shape index (κ2) is 9.95. The number of carbonyl (C=O) groups is 2. The molecule has 0 radical (unpaired) electrons. The smallest absolute Gasteiger partial charge is 0.194 e. The number of anilines is 3. The number of hydrogen-bond acceptors (Lipinski definition) is 5. The zero-order valence-corrected chi connectivity index (χ0v) is 21.5. The first kappa shape index (κ1) is 24.2. The van der Waals surface area contributed by atoms with E-state index in [9.17, 15) is 9.59 Å². The van der Waals surface area contributed by atoms with Crippen LogP contribution in [0.1, 0.15) is 31.8 Å². The van der Waals surface area contributed by atoms with Crippen molar-refractivity contribution in [1.29, 1.82) is 0 Å². The van der Waals surface area contributed by atoms with Crippen molar-refractivity contribution in [1.82, 2.24) is 0 Å². The van der Waals surface area contributed by atoms with Crippen molar-refractivity contribution in [2.45, 2.75) is 0 Å². The lowest BCUT2D eigenvalue weighted by atomic mass is 9.83. The second-order valence-corrected chi connectivity index (χ2v) is 9.24. The Labute approximate surface area is 226 Å². The van der Waals surface area contributed by atoms with Crippen molar-refractivity contribution < 1.29 is 19.1 Å². The highest BCUT2D eigenvalue weighted by atomic mass is 16.5. The van der Waals surface area contributed by atoms with Gasteiger partial charge in [0, 0.05) is 39.3 Å². The van der Waals surface area contributed by atoms with Crippen molar-refractivity contribution in [2.75, 3.05) is 19.1 Å². The molecule has 190 valence electrons. The first-order chi connectivity index (χ1) is 19.1. The highest BCUT2D eigenvalue weighted by molar-refractivity contribution is 6.28. The summed E-state index contributed by atoms with van der Waals surface area (Å²) in [7, 11) is 3.30. The summed E-state index contributed by atoms with van der Waals surface area (Å²) in [5.74, 6) is 1.33. The van der Waals surface area contributed by atoms with Gasteiger partial charge in [0.15, 0.2) is 11.6 Å². The largest absolute Gasteiger partial charge is 0.497 e. The van der Waals surface area contributed by atoms with Gasteiger partial charge in [-0.2, -0.15) is 0 Å². The minimum Gasteiger partial charge on any atom is -0.497 e.